The van der Waals surface area contributed by atoms with Crippen molar-refractivity contribution in [2.24, 2.45) is 0 Å². The van der Waals surface area contributed by atoms with Crippen molar-refractivity contribution >= 4 is 5.82 Å². The molecule has 3 heteroatoms. The van der Waals surface area contributed by atoms with E-state index in [4.69, 9.17) is 0 Å². The van der Waals surface area contributed by atoms with Crippen molar-refractivity contribution in [3.8, 4) is 0 Å². The quantitative estimate of drug-likeness (QED) is 0.797. The van der Waals surface area contributed by atoms with Crippen LogP contribution < -0.4 is 5.32 Å². The topological polar surface area (TPSA) is 37.8 Å². The monoisotopic (exact) mass is 191 g/mol. The second-order valence-corrected chi connectivity index (χ2v) is 3.87. The zero-order valence-corrected chi connectivity index (χ0v) is 8.66. The normalized spacial score (nSPS) is 17.2. The third kappa shape index (κ3) is 2.22. The van der Waals surface area contributed by atoms with Gasteiger partial charge in [0.1, 0.15) is 12.1 Å². The zero-order valence-electron chi connectivity index (χ0n) is 8.66. The third-order valence-corrected chi connectivity index (χ3v) is 2.79. The van der Waals surface area contributed by atoms with Gasteiger partial charge in [0.15, 0.2) is 0 Å². The number of aryl methyl sites for hydroxylation is 1. The maximum atomic E-state index is 4.23. The maximum Gasteiger partial charge on any atom is 0.129 e. The molecule has 0 amide bonds. The van der Waals surface area contributed by atoms with Crippen LogP contribution in [0.5, 0.6) is 0 Å². The van der Waals surface area contributed by atoms with E-state index in [1.807, 2.05) is 0 Å². The van der Waals surface area contributed by atoms with Crippen molar-refractivity contribution in [2.45, 2.75) is 45.1 Å². The second kappa shape index (κ2) is 4.40. The Morgan fingerprint density at radius 2 is 2.14 bits per heavy atom. The summed E-state index contributed by atoms with van der Waals surface area (Å²) in [4.78, 5) is 8.41. The van der Waals surface area contributed by atoms with Gasteiger partial charge in [-0.3, -0.25) is 0 Å². The molecule has 0 atom stereocenters. The molecule has 1 aliphatic carbocycles. The van der Waals surface area contributed by atoms with Crippen molar-refractivity contribution in [3.05, 3.63) is 18.1 Å². The molecule has 1 heterocycles. The fourth-order valence-corrected chi connectivity index (χ4v) is 1.95. The molecule has 0 aliphatic heterocycles. The van der Waals surface area contributed by atoms with Crippen molar-refractivity contribution < 1.29 is 0 Å². The lowest BCUT2D eigenvalue weighted by atomic mass is 10.2. The van der Waals surface area contributed by atoms with Crippen LogP contribution in [-0.4, -0.2) is 16.0 Å². The van der Waals surface area contributed by atoms with Crippen LogP contribution in [0.4, 0.5) is 5.82 Å². The van der Waals surface area contributed by atoms with Crippen molar-refractivity contribution in [3.63, 3.8) is 0 Å². The first-order valence-electron chi connectivity index (χ1n) is 5.46. The van der Waals surface area contributed by atoms with Gasteiger partial charge in [0.05, 0.1) is 0 Å². The fourth-order valence-electron chi connectivity index (χ4n) is 1.95. The van der Waals surface area contributed by atoms with E-state index in [9.17, 15) is 0 Å². The molecule has 0 radical (unpaired) electrons. The first-order chi connectivity index (χ1) is 6.88. The van der Waals surface area contributed by atoms with Gasteiger partial charge in [0, 0.05) is 17.8 Å². The lowest BCUT2D eigenvalue weighted by Crippen LogP contribution is -2.15. The number of nitrogens with one attached hydrogen (secondary N) is 1. The lowest BCUT2D eigenvalue weighted by Gasteiger charge is -2.12. The summed E-state index contributed by atoms with van der Waals surface area (Å²) in [5.74, 6) is 0.990. The molecule has 3 nitrogen and oxygen atoms in total. The van der Waals surface area contributed by atoms with Crippen LogP contribution in [0.3, 0.4) is 0 Å². The minimum atomic E-state index is 0.634. The molecule has 0 saturated heterocycles. The molecule has 1 aliphatic rings. The highest BCUT2D eigenvalue weighted by Gasteiger charge is 2.14. The highest BCUT2D eigenvalue weighted by atomic mass is 15.0. The third-order valence-electron chi connectivity index (χ3n) is 2.79. The molecule has 1 fully saturated rings. The predicted octanol–water partition coefficient (Wildman–Crippen LogP) is 2.39. The summed E-state index contributed by atoms with van der Waals surface area (Å²) in [5, 5.41) is 3.46. The van der Waals surface area contributed by atoms with E-state index in [1.165, 1.54) is 25.7 Å². The lowest BCUT2D eigenvalue weighted by molar-refractivity contribution is 0.748. The molecule has 14 heavy (non-hydrogen) atoms. The van der Waals surface area contributed by atoms with Gasteiger partial charge in [-0.2, -0.15) is 0 Å². The Hall–Kier alpha value is -1.12. The minimum absolute atomic E-state index is 0.634. The molecule has 0 aromatic carbocycles. The molecule has 0 unspecified atom stereocenters. The number of rotatable bonds is 3. The number of aromatic nitrogens is 2. The summed E-state index contributed by atoms with van der Waals surface area (Å²) in [5.41, 5.74) is 1.11. The van der Waals surface area contributed by atoms with Crippen molar-refractivity contribution in [1.29, 1.82) is 0 Å². The van der Waals surface area contributed by atoms with Crippen LogP contribution >= 0.6 is 0 Å². The molecule has 76 valence electrons. The van der Waals surface area contributed by atoms with E-state index < -0.39 is 0 Å². The number of nitrogens with zero attached hydrogens (tertiary/aromatic N) is 2. The average Bonchev–Trinajstić information content (AvgIpc) is 2.71. The predicted molar refractivity (Wildman–Crippen MR) is 57.3 cm³/mol. The summed E-state index contributed by atoms with van der Waals surface area (Å²) in [7, 11) is 0. The average molecular weight is 191 g/mol. The van der Waals surface area contributed by atoms with Gasteiger partial charge in [-0.15, -0.1) is 0 Å². The van der Waals surface area contributed by atoms with Gasteiger partial charge < -0.3 is 5.32 Å². The molecular weight excluding hydrogens is 174 g/mol. The Labute approximate surface area is 85.0 Å². The van der Waals surface area contributed by atoms with Gasteiger partial charge >= 0.3 is 0 Å². The number of anilines is 1. The van der Waals surface area contributed by atoms with Gasteiger partial charge in [-0.25, -0.2) is 9.97 Å². The van der Waals surface area contributed by atoms with Crippen molar-refractivity contribution in [1.82, 2.24) is 9.97 Å². The Bertz CT molecular complexity index is 292. The van der Waals surface area contributed by atoms with Gasteiger partial charge in [0.2, 0.25) is 0 Å². The van der Waals surface area contributed by atoms with E-state index in [2.05, 4.69) is 28.3 Å². The fraction of sp³-hybridized carbons (Fsp3) is 0.636. The Balaban J connectivity index is 2.00. The summed E-state index contributed by atoms with van der Waals surface area (Å²) >= 11 is 0. The van der Waals surface area contributed by atoms with Crippen LogP contribution in [0.25, 0.3) is 0 Å². The summed E-state index contributed by atoms with van der Waals surface area (Å²) < 4.78 is 0. The molecule has 1 saturated carbocycles. The Morgan fingerprint density at radius 3 is 2.86 bits per heavy atom. The summed E-state index contributed by atoms with van der Waals surface area (Å²) in [6.07, 6.45) is 7.89. The van der Waals surface area contributed by atoms with Gasteiger partial charge in [-0.05, 0) is 19.3 Å². The van der Waals surface area contributed by atoms with Crippen LogP contribution in [0.15, 0.2) is 12.4 Å². The molecule has 1 aromatic heterocycles. The zero-order chi connectivity index (χ0) is 9.80. The summed E-state index contributed by atoms with van der Waals surface area (Å²) in [6, 6.07) is 2.69. The van der Waals surface area contributed by atoms with E-state index >= 15 is 0 Å². The SMILES string of the molecule is CCc1cc(NC2CCCC2)ncn1. The first kappa shape index (κ1) is 9.44. The van der Waals surface area contributed by atoms with E-state index in [0.717, 1.165) is 17.9 Å². The van der Waals surface area contributed by atoms with Gasteiger partial charge in [0.25, 0.3) is 0 Å². The molecule has 1 aromatic rings. The van der Waals surface area contributed by atoms with Crippen LogP contribution in [0.2, 0.25) is 0 Å². The largest absolute Gasteiger partial charge is 0.367 e. The van der Waals surface area contributed by atoms with Crippen molar-refractivity contribution in [2.75, 3.05) is 5.32 Å². The molecule has 0 bridgehead atoms. The number of hydrogen-bond donors (Lipinski definition) is 1. The van der Waals surface area contributed by atoms with E-state index in [0.29, 0.717) is 6.04 Å². The molecular formula is C11H17N3. The molecule has 0 spiro atoms. The van der Waals surface area contributed by atoms with E-state index in [1.54, 1.807) is 6.33 Å². The maximum absolute atomic E-state index is 4.23. The Morgan fingerprint density at radius 1 is 1.36 bits per heavy atom. The van der Waals surface area contributed by atoms with Crippen LogP contribution in [0.1, 0.15) is 38.3 Å². The molecule has 1 N–H and O–H groups in total. The molecule has 2 rings (SSSR count). The highest BCUT2D eigenvalue weighted by molar-refractivity contribution is 5.36. The highest BCUT2D eigenvalue weighted by Crippen LogP contribution is 2.21. The van der Waals surface area contributed by atoms with Crippen LogP contribution in [-0.2, 0) is 6.42 Å². The second-order valence-electron chi connectivity index (χ2n) is 3.87. The van der Waals surface area contributed by atoms with Gasteiger partial charge in [-0.1, -0.05) is 19.8 Å². The standard InChI is InChI=1S/C11H17N3/c1-2-9-7-11(13-8-12-9)14-10-5-3-4-6-10/h7-8,10H,2-6H2,1H3,(H,12,13,14). The van der Waals surface area contributed by atoms with Crippen LogP contribution in [0, 0.1) is 0 Å². The number of hydrogen-bond acceptors (Lipinski definition) is 3. The first-order valence-corrected chi connectivity index (χ1v) is 5.46. The summed E-state index contributed by atoms with van der Waals surface area (Å²) in [6.45, 7) is 2.11. The minimum Gasteiger partial charge on any atom is -0.367 e. The van der Waals surface area contributed by atoms with E-state index in [-0.39, 0.29) is 0 Å². The Kier molecular flexibility index (Phi) is 2.96. The smallest absolute Gasteiger partial charge is 0.129 e.